The molecular weight excluding hydrogens is 267 g/mol. The lowest BCUT2D eigenvalue weighted by atomic mass is 9.79. The van der Waals surface area contributed by atoms with E-state index in [0.717, 1.165) is 26.2 Å². The van der Waals surface area contributed by atoms with Crippen molar-refractivity contribution in [1.29, 1.82) is 0 Å². The number of rotatable bonds is 4. The average molecular weight is 292 g/mol. The number of halogens is 1. The van der Waals surface area contributed by atoms with Crippen molar-refractivity contribution < 1.29 is 9.13 Å². The van der Waals surface area contributed by atoms with Crippen LogP contribution < -0.4 is 10.1 Å². The van der Waals surface area contributed by atoms with E-state index in [2.05, 4.69) is 10.2 Å². The number of ether oxygens (including phenoxy) is 1. The van der Waals surface area contributed by atoms with E-state index in [0.29, 0.717) is 17.9 Å². The molecule has 2 fully saturated rings. The van der Waals surface area contributed by atoms with Crippen LogP contribution in [0.2, 0.25) is 0 Å². The number of nitrogens with one attached hydrogen (secondary N) is 1. The highest BCUT2D eigenvalue weighted by atomic mass is 19.1. The molecule has 0 aromatic heterocycles. The van der Waals surface area contributed by atoms with Gasteiger partial charge < -0.3 is 10.1 Å². The van der Waals surface area contributed by atoms with Crippen molar-refractivity contribution in [2.75, 3.05) is 32.8 Å². The summed E-state index contributed by atoms with van der Waals surface area (Å²) >= 11 is 0. The molecule has 1 N–H and O–H groups in total. The summed E-state index contributed by atoms with van der Waals surface area (Å²) in [6, 6.07) is 6.65. The molecule has 0 atom stereocenters. The van der Waals surface area contributed by atoms with Crippen molar-refractivity contribution in [2.45, 2.75) is 37.6 Å². The minimum Gasteiger partial charge on any atom is -0.489 e. The van der Waals surface area contributed by atoms with Crippen LogP contribution in [-0.4, -0.2) is 43.2 Å². The van der Waals surface area contributed by atoms with Gasteiger partial charge in [0.1, 0.15) is 6.61 Å². The van der Waals surface area contributed by atoms with Crippen molar-refractivity contribution in [1.82, 2.24) is 10.2 Å². The standard InChI is InChI=1S/C17H25FN2O/c18-15-6-2-3-7-16(15)21-13-12-20-11-10-19-14-17(20)8-4-1-5-9-17/h2-3,6-7,19H,1,4-5,8-14H2. The first-order chi connectivity index (χ1) is 10.3. The van der Waals surface area contributed by atoms with Crippen LogP contribution in [0.4, 0.5) is 4.39 Å². The normalized spacial score (nSPS) is 22.3. The molecule has 116 valence electrons. The molecule has 0 radical (unpaired) electrons. The van der Waals surface area contributed by atoms with Gasteiger partial charge in [-0.25, -0.2) is 4.39 Å². The Balaban J connectivity index is 1.57. The molecule has 3 rings (SSSR count). The first-order valence-corrected chi connectivity index (χ1v) is 8.13. The molecule has 21 heavy (non-hydrogen) atoms. The van der Waals surface area contributed by atoms with Gasteiger partial charge >= 0.3 is 0 Å². The highest BCUT2D eigenvalue weighted by Crippen LogP contribution is 2.34. The van der Waals surface area contributed by atoms with Crippen molar-refractivity contribution in [3.05, 3.63) is 30.1 Å². The minimum atomic E-state index is -0.273. The van der Waals surface area contributed by atoms with Gasteiger partial charge in [-0.2, -0.15) is 0 Å². The van der Waals surface area contributed by atoms with Gasteiger partial charge in [-0.15, -0.1) is 0 Å². The molecule has 1 spiro atoms. The number of hydrogen-bond acceptors (Lipinski definition) is 3. The van der Waals surface area contributed by atoms with E-state index >= 15 is 0 Å². The predicted molar refractivity (Wildman–Crippen MR) is 82.2 cm³/mol. The number of para-hydroxylation sites is 1. The molecule has 1 saturated carbocycles. The van der Waals surface area contributed by atoms with E-state index in [-0.39, 0.29) is 5.82 Å². The lowest BCUT2D eigenvalue weighted by molar-refractivity contribution is 0.0180. The van der Waals surface area contributed by atoms with Gasteiger partial charge in [0.2, 0.25) is 0 Å². The second-order valence-corrected chi connectivity index (χ2v) is 6.23. The van der Waals surface area contributed by atoms with Gasteiger partial charge in [-0.1, -0.05) is 31.4 Å². The van der Waals surface area contributed by atoms with Gasteiger partial charge in [0.05, 0.1) is 0 Å². The van der Waals surface area contributed by atoms with Gasteiger partial charge in [-0.05, 0) is 25.0 Å². The summed E-state index contributed by atoms with van der Waals surface area (Å²) in [6.45, 7) is 4.65. The summed E-state index contributed by atoms with van der Waals surface area (Å²) in [5, 5.41) is 3.55. The zero-order chi connectivity index (χ0) is 14.5. The smallest absolute Gasteiger partial charge is 0.165 e. The van der Waals surface area contributed by atoms with Crippen molar-refractivity contribution in [3.8, 4) is 5.75 Å². The molecule has 1 saturated heterocycles. The first kappa shape index (κ1) is 14.8. The summed E-state index contributed by atoms with van der Waals surface area (Å²) < 4.78 is 19.2. The fourth-order valence-electron chi connectivity index (χ4n) is 3.76. The monoisotopic (exact) mass is 292 g/mol. The van der Waals surface area contributed by atoms with E-state index in [1.54, 1.807) is 12.1 Å². The molecular formula is C17H25FN2O. The van der Waals surface area contributed by atoms with Crippen LogP contribution in [0.25, 0.3) is 0 Å². The Labute approximate surface area is 126 Å². The Morgan fingerprint density at radius 2 is 2.00 bits per heavy atom. The highest BCUT2D eigenvalue weighted by molar-refractivity contribution is 5.23. The quantitative estimate of drug-likeness (QED) is 0.923. The van der Waals surface area contributed by atoms with Crippen LogP contribution >= 0.6 is 0 Å². The summed E-state index contributed by atoms with van der Waals surface area (Å²) in [4.78, 5) is 2.57. The van der Waals surface area contributed by atoms with E-state index in [4.69, 9.17) is 4.74 Å². The van der Waals surface area contributed by atoms with Crippen LogP contribution in [0.15, 0.2) is 24.3 Å². The van der Waals surface area contributed by atoms with Crippen LogP contribution in [0.1, 0.15) is 32.1 Å². The molecule has 4 heteroatoms. The maximum atomic E-state index is 13.6. The minimum absolute atomic E-state index is 0.273. The lowest BCUT2D eigenvalue weighted by Gasteiger charge is -2.49. The average Bonchev–Trinajstić information content (AvgIpc) is 2.52. The SMILES string of the molecule is Fc1ccccc1OCCN1CCNCC12CCCCC2. The zero-order valence-electron chi connectivity index (χ0n) is 12.6. The topological polar surface area (TPSA) is 24.5 Å². The Hall–Kier alpha value is -1.13. The maximum absolute atomic E-state index is 13.6. The third kappa shape index (κ3) is 3.38. The summed E-state index contributed by atoms with van der Waals surface area (Å²) in [7, 11) is 0. The third-order valence-corrected chi connectivity index (χ3v) is 4.92. The maximum Gasteiger partial charge on any atom is 0.165 e. The van der Waals surface area contributed by atoms with Gasteiger partial charge in [-0.3, -0.25) is 4.90 Å². The largest absolute Gasteiger partial charge is 0.489 e. The van der Waals surface area contributed by atoms with E-state index in [1.807, 2.05) is 6.07 Å². The molecule has 3 nitrogen and oxygen atoms in total. The molecule has 1 aliphatic heterocycles. The van der Waals surface area contributed by atoms with Crippen LogP contribution in [0.5, 0.6) is 5.75 Å². The van der Waals surface area contributed by atoms with Crippen molar-refractivity contribution in [2.24, 2.45) is 0 Å². The highest BCUT2D eigenvalue weighted by Gasteiger charge is 2.39. The van der Waals surface area contributed by atoms with Crippen molar-refractivity contribution >= 4 is 0 Å². The lowest BCUT2D eigenvalue weighted by Crippen LogP contribution is -2.62. The Kier molecular flexibility index (Phi) is 4.76. The van der Waals surface area contributed by atoms with Crippen LogP contribution in [-0.2, 0) is 0 Å². The van der Waals surface area contributed by atoms with E-state index in [9.17, 15) is 4.39 Å². The Morgan fingerprint density at radius 3 is 2.81 bits per heavy atom. The van der Waals surface area contributed by atoms with E-state index < -0.39 is 0 Å². The summed E-state index contributed by atoms with van der Waals surface area (Å²) in [6.07, 6.45) is 6.57. The molecule has 2 aliphatic rings. The van der Waals surface area contributed by atoms with Crippen molar-refractivity contribution in [3.63, 3.8) is 0 Å². The van der Waals surface area contributed by atoms with Gasteiger partial charge in [0.15, 0.2) is 11.6 Å². The zero-order valence-corrected chi connectivity index (χ0v) is 12.6. The first-order valence-electron chi connectivity index (χ1n) is 8.13. The number of nitrogens with zero attached hydrogens (tertiary/aromatic N) is 1. The number of hydrogen-bond donors (Lipinski definition) is 1. The van der Waals surface area contributed by atoms with Gasteiger partial charge in [0, 0.05) is 31.7 Å². The molecule has 1 aromatic carbocycles. The molecule has 0 unspecified atom stereocenters. The molecule has 0 amide bonds. The van der Waals surface area contributed by atoms with Crippen LogP contribution in [0.3, 0.4) is 0 Å². The number of piperazine rings is 1. The second kappa shape index (κ2) is 6.75. The predicted octanol–water partition coefficient (Wildman–Crippen LogP) is 2.81. The number of benzene rings is 1. The Bertz CT molecular complexity index is 452. The Morgan fingerprint density at radius 1 is 1.19 bits per heavy atom. The molecule has 1 aliphatic carbocycles. The third-order valence-electron chi connectivity index (χ3n) is 4.92. The van der Waals surface area contributed by atoms with Crippen LogP contribution in [0, 0.1) is 5.82 Å². The summed E-state index contributed by atoms with van der Waals surface area (Å²) in [5.74, 6) is 0.0931. The molecule has 1 heterocycles. The fraction of sp³-hybridized carbons (Fsp3) is 0.647. The second-order valence-electron chi connectivity index (χ2n) is 6.23. The summed E-state index contributed by atoms with van der Waals surface area (Å²) in [5.41, 5.74) is 0.315. The molecule has 0 bridgehead atoms. The fourth-order valence-corrected chi connectivity index (χ4v) is 3.76. The molecule has 1 aromatic rings. The van der Waals surface area contributed by atoms with Gasteiger partial charge in [0.25, 0.3) is 0 Å². The van der Waals surface area contributed by atoms with E-state index in [1.165, 1.54) is 38.2 Å².